The minimum absolute atomic E-state index is 0.874. The molecule has 1 heterocycles. The van der Waals surface area contributed by atoms with E-state index in [1.165, 1.54) is 0 Å². The summed E-state index contributed by atoms with van der Waals surface area (Å²) in [5, 5.41) is 28.8. The van der Waals surface area contributed by atoms with E-state index < -0.39 is 53.0 Å². The summed E-state index contributed by atoms with van der Waals surface area (Å²) in [7, 11) is -9.82. The van der Waals surface area contributed by atoms with E-state index in [2.05, 4.69) is 13.8 Å². The van der Waals surface area contributed by atoms with Gasteiger partial charge in [-0.25, -0.2) is 9.13 Å². The van der Waals surface area contributed by atoms with Crippen LogP contribution >= 0.6 is 15.6 Å². The highest BCUT2D eigenvalue weighted by Gasteiger charge is 2.54. The van der Waals surface area contributed by atoms with Crippen molar-refractivity contribution in [2.24, 2.45) is 0 Å². The molecular formula is C6H14O12P2. The Bertz CT molecular complexity index is 428. The first-order chi connectivity index (χ1) is 8.84. The highest BCUT2D eigenvalue weighted by molar-refractivity contribution is 7.46. The minimum atomic E-state index is -4.96. The van der Waals surface area contributed by atoms with Crippen LogP contribution in [-0.2, 0) is 22.9 Å². The van der Waals surface area contributed by atoms with Gasteiger partial charge in [0.2, 0.25) is 5.79 Å². The number of rotatable bonds is 6. The first kappa shape index (κ1) is 18.1. The molecule has 1 rings (SSSR count). The van der Waals surface area contributed by atoms with Crippen LogP contribution in [-0.4, -0.2) is 72.2 Å². The van der Waals surface area contributed by atoms with Gasteiger partial charge >= 0.3 is 15.6 Å². The van der Waals surface area contributed by atoms with Gasteiger partial charge in [-0.1, -0.05) is 0 Å². The second-order valence-electron chi connectivity index (χ2n) is 3.99. The van der Waals surface area contributed by atoms with Crippen molar-refractivity contribution in [3.05, 3.63) is 0 Å². The number of phosphoric acid groups is 2. The van der Waals surface area contributed by atoms with Gasteiger partial charge in [-0.05, 0) is 0 Å². The second-order valence-corrected chi connectivity index (χ2v) is 6.47. The third kappa shape index (κ3) is 5.11. The summed E-state index contributed by atoms with van der Waals surface area (Å²) < 4.78 is 33.6. The third-order valence-corrected chi connectivity index (χ3v) is 3.32. The maximum atomic E-state index is 10.5. The average molecular weight is 340 g/mol. The zero-order valence-electron chi connectivity index (χ0n) is 9.71. The van der Waals surface area contributed by atoms with Crippen LogP contribution in [0.1, 0.15) is 0 Å². The molecule has 14 heteroatoms. The van der Waals surface area contributed by atoms with Crippen molar-refractivity contribution < 1.29 is 57.8 Å². The van der Waals surface area contributed by atoms with Crippen LogP contribution in [0.15, 0.2) is 0 Å². The number of hydrogen-bond acceptors (Lipinski definition) is 8. The summed E-state index contributed by atoms with van der Waals surface area (Å²) in [5.74, 6) is -2.66. The lowest BCUT2D eigenvalue weighted by molar-refractivity contribution is -0.245. The van der Waals surface area contributed by atoms with Crippen molar-refractivity contribution in [1.82, 2.24) is 0 Å². The van der Waals surface area contributed by atoms with E-state index in [9.17, 15) is 24.4 Å². The lowest BCUT2D eigenvalue weighted by atomic mass is 10.1. The van der Waals surface area contributed by atoms with Crippen LogP contribution in [0.4, 0.5) is 0 Å². The molecule has 1 fully saturated rings. The number of aliphatic hydroxyl groups is 3. The molecule has 7 N–H and O–H groups in total. The summed E-state index contributed by atoms with van der Waals surface area (Å²) in [5.41, 5.74) is 0. The van der Waals surface area contributed by atoms with Crippen LogP contribution in [0.3, 0.4) is 0 Å². The predicted octanol–water partition coefficient (Wildman–Crippen LogP) is -2.99. The van der Waals surface area contributed by atoms with Crippen molar-refractivity contribution in [2.75, 3.05) is 13.2 Å². The van der Waals surface area contributed by atoms with E-state index in [1.807, 2.05) is 0 Å². The maximum Gasteiger partial charge on any atom is 0.469 e. The van der Waals surface area contributed by atoms with Crippen LogP contribution in [0, 0.1) is 0 Å². The van der Waals surface area contributed by atoms with Crippen molar-refractivity contribution in [3.63, 3.8) is 0 Å². The molecule has 1 saturated heterocycles. The molecule has 20 heavy (non-hydrogen) atoms. The Morgan fingerprint density at radius 3 is 2.00 bits per heavy atom. The summed E-state index contributed by atoms with van der Waals surface area (Å²) in [6.07, 6.45) is -5.38. The van der Waals surface area contributed by atoms with Gasteiger partial charge < -0.3 is 39.6 Å². The highest BCUT2D eigenvalue weighted by Crippen LogP contribution is 2.41. The van der Waals surface area contributed by atoms with Crippen LogP contribution in [0.2, 0.25) is 0 Å². The first-order valence-corrected chi connectivity index (χ1v) is 8.07. The Labute approximate surface area is 112 Å². The molecule has 120 valence electrons. The van der Waals surface area contributed by atoms with Gasteiger partial charge in [0, 0.05) is 0 Å². The van der Waals surface area contributed by atoms with Gasteiger partial charge in [-0.2, -0.15) is 0 Å². The molecule has 1 aliphatic heterocycles. The van der Waals surface area contributed by atoms with E-state index in [4.69, 9.17) is 19.6 Å². The minimum Gasteiger partial charge on any atom is -0.387 e. The van der Waals surface area contributed by atoms with Crippen LogP contribution in [0.5, 0.6) is 0 Å². The van der Waals surface area contributed by atoms with Crippen LogP contribution in [0.25, 0.3) is 0 Å². The molecular weight excluding hydrogens is 326 g/mol. The molecule has 0 spiro atoms. The lowest BCUT2D eigenvalue weighted by Gasteiger charge is -2.25. The summed E-state index contributed by atoms with van der Waals surface area (Å²) in [4.78, 5) is 33.9. The Kier molecular flexibility index (Phi) is 5.48. The molecule has 0 bridgehead atoms. The molecule has 0 saturated carbocycles. The fourth-order valence-electron chi connectivity index (χ4n) is 1.47. The van der Waals surface area contributed by atoms with Crippen molar-refractivity contribution in [1.29, 1.82) is 0 Å². The van der Waals surface area contributed by atoms with Crippen LogP contribution < -0.4 is 0 Å². The Morgan fingerprint density at radius 2 is 1.55 bits per heavy atom. The lowest BCUT2D eigenvalue weighted by Crippen LogP contribution is -2.46. The van der Waals surface area contributed by atoms with E-state index in [1.54, 1.807) is 0 Å². The smallest absolute Gasteiger partial charge is 0.387 e. The number of hydrogen-bond donors (Lipinski definition) is 7. The maximum absolute atomic E-state index is 10.5. The summed E-state index contributed by atoms with van der Waals surface area (Å²) in [6.45, 7) is -2.05. The van der Waals surface area contributed by atoms with E-state index in [0.717, 1.165) is 0 Å². The molecule has 0 aromatic rings. The fourth-order valence-corrected chi connectivity index (χ4v) is 2.17. The first-order valence-electron chi connectivity index (χ1n) is 5.00. The van der Waals surface area contributed by atoms with Crippen molar-refractivity contribution in [2.45, 2.75) is 24.1 Å². The van der Waals surface area contributed by atoms with Gasteiger partial charge in [0.05, 0.1) is 6.61 Å². The molecule has 0 radical (unpaired) electrons. The fraction of sp³-hybridized carbons (Fsp3) is 1.00. The predicted molar refractivity (Wildman–Crippen MR) is 57.8 cm³/mol. The summed E-state index contributed by atoms with van der Waals surface area (Å²) >= 11 is 0. The van der Waals surface area contributed by atoms with Gasteiger partial charge in [-0.15, -0.1) is 0 Å². The molecule has 1 aliphatic rings. The topological polar surface area (TPSA) is 203 Å². The molecule has 0 aromatic heterocycles. The van der Waals surface area contributed by atoms with Gasteiger partial charge in [-0.3, -0.25) is 9.05 Å². The Hall–Kier alpha value is 0.0600. The monoisotopic (exact) mass is 340 g/mol. The molecule has 0 aliphatic carbocycles. The Balaban J connectivity index is 2.67. The normalized spacial score (nSPS) is 35.5. The highest BCUT2D eigenvalue weighted by atomic mass is 31.2. The van der Waals surface area contributed by atoms with E-state index in [0.29, 0.717) is 0 Å². The zero-order valence-corrected chi connectivity index (χ0v) is 11.5. The van der Waals surface area contributed by atoms with E-state index >= 15 is 0 Å². The number of ether oxygens (including phenoxy) is 1. The van der Waals surface area contributed by atoms with Gasteiger partial charge in [0.15, 0.2) is 0 Å². The standard InChI is InChI=1S/C6H14O12P2/c7-4-3(1-16-19(10,11)12)18-6(9,5(4)8)2-17-20(13,14)15/h3-5,7-9H,1-2H2,(H2,10,11,12)(H2,13,14,15)/t3-,4+,5-,6-/m1/s1. The second kappa shape index (κ2) is 6.05. The molecule has 0 aromatic carbocycles. The molecule has 12 nitrogen and oxygen atoms in total. The largest absolute Gasteiger partial charge is 0.469 e. The van der Waals surface area contributed by atoms with E-state index in [-0.39, 0.29) is 0 Å². The SMILES string of the molecule is O=P(O)(O)OC[C@H]1O[C@](O)(COP(=O)(O)O)[C@H](O)[C@H]1O. The average Bonchev–Trinajstić information content (AvgIpc) is 2.48. The number of aliphatic hydroxyl groups excluding tert-OH is 2. The Morgan fingerprint density at radius 1 is 1.05 bits per heavy atom. The van der Waals surface area contributed by atoms with Gasteiger partial charge in [0.25, 0.3) is 0 Å². The number of phosphoric ester groups is 2. The zero-order chi connectivity index (χ0) is 15.8. The molecule has 4 atom stereocenters. The molecule has 0 amide bonds. The van der Waals surface area contributed by atoms with Crippen molar-refractivity contribution in [3.8, 4) is 0 Å². The summed E-state index contributed by atoms with van der Waals surface area (Å²) in [6, 6.07) is 0. The van der Waals surface area contributed by atoms with Crippen molar-refractivity contribution >= 4 is 15.6 Å². The quantitative estimate of drug-likeness (QED) is 0.242. The third-order valence-electron chi connectivity index (χ3n) is 2.37. The molecule has 0 unspecified atom stereocenters. The van der Waals surface area contributed by atoms with Gasteiger partial charge in [0.1, 0.15) is 24.9 Å².